The number of rotatable bonds is 6. The first kappa shape index (κ1) is 17.5. The van der Waals surface area contributed by atoms with Crippen molar-refractivity contribution in [2.75, 3.05) is 19.6 Å². The minimum atomic E-state index is 0.265. The van der Waals surface area contributed by atoms with Gasteiger partial charge in [-0.2, -0.15) is 0 Å². The van der Waals surface area contributed by atoms with Crippen LogP contribution in [0.15, 0.2) is 24.5 Å². The predicted molar refractivity (Wildman–Crippen MR) is 102 cm³/mol. The van der Waals surface area contributed by atoms with Gasteiger partial charge in [-0.25, -0.2) is 4.98 Å². The zero-order valence-electron chi connectivity index (χ0n) is 15.8. The molecule has 0 amide bonds. The molecule has 0 unspecified atom stereocenters. The molecule has 1 aromatic heterocycles. The lowest BCUT2D eigenvalue weighted by Gasteiger charge is -2.45. The molecule has 1 aliphatic rings. The molecule has 1 saturated heterocycles. The van der Waals surface area contributed by atoms with Crippen molar-refractivity contribution in [3.05, 3.63) is 30.1 Å². The molecule has 0 aliphatic carbocycles. The number of piperidine rings is 1. The molecule has 132 valence electrons. The summed E-state index contributed by atoms with van der Waals surface area (Å²) in [4.78, 5) is 10.3. The number of likely N-dealkylation sites (tertiary alicyclic amines) is 1. The van der Waals surface area contributed by atoms with Crippen molar-refractivity contribution >= 4 is 11.0 Å². The average molecular weight is 328 g/mol. The van der Waals surface area contributed by atoms with Gasteiger partial charge >= 0.3 is 0 Å². The van der Waals surface area contributed by atoms with Crippen LogP contribution in [0.2, 0.25) is 0 Å². The fraction of sp³-hybridized carbons (Fsp3) is 0.667. The minimum Gasteiger partial charge on any atom is -0.345 e. The van der Waals surface area contributed by atoms with Crippen LogP contribution in [0.25, 0.3) is 11.0 Å². The van der Waals surface area contributed by atoms with Crippen LogP contribution in [-0.2, 0) is 5.41 Å². The predicted octanol–water partition coefficient (Wildman–Crippen LogP) is 4.99. The van der Waals surface area contributed by atoms with E-state index in [0.29, 0.717) is 5.92 Å². The standard InChI is InChI=1S/C21H33N3/c1-16(2)7-5-6-11-24-12-10-21(4,17(3)14-24)18-8-9-19-20(13-18)23-15-22-19/h8-9,13,15-17H,5-7,10-12,14H2,1-4H3,(H,22,23)/t17-,21-/m0/s1. The van der Waals surface area contributed by atoms with E-state index in [1.54, 1.807) is 6.33 Å². The molecular weight excluding hydrogens is 294 g/mol. The van der Waals surface area contributed by atoms with Crippen LogP contribution in [0, 0.1) is 11.8 Å². The maximum absolute atomic E-state index is 4.44. The van der Waals surface area contributed by atoms with Gasteiger partial charge in [0, 0.05) is 6.54 Å². The molecule has 2 atom stereocenters. The Labute approximate surface area is 146 Å². The number of aromatic nitrogens is 2. The molecule has 0 spiro atoms. The van der Waals surface area contributed by atoms with E-state index in [-0.39, 0.29) is 5.41 Å². The topological polar surface area (TPSA) is 31.9 Å². The summed E-state index contributed by atoms with van der Waals surface area (Å²) in [6, 6.07) is 6.78. The first-order chi connectivity index (χ1) is 11.5. The maximum Gasteiger partial charge on any atom is 0.0931 e. The van der Waals surface area contributed by atoms with Crippen molar-refractivity contribution in [3.63, 3.8) is 0 Å². The lowest BCUT2D eigenvalue weighted by Crippen LogP contribution is -2.47. The van der Waals surface area contributed by atoms with E-state index in [4.69, 9.17) is 0 Å². The van der Waals surface area contributed by atoms with Gasteiger partial charge in [0.25, 0.3) is 0 Å². The van der Waals surface area contributed by atoms with Crippen molar-refractivity contribution in [1.82, 2.24) is 14.9 Å². The Bertz CT molecular complexity index is 660. The van der Waals surface area contributed by atoms with Crippen molar-refractivity contribution < 1.29 is 0 Å². The van der Waals surface area contributed by atoms with Gasteiger partial charge in [0.1, 0.15) is 0 Å². The summed E-state index contributed by atoms with van der Waals surface area (Å²) < 4.78 is 0. The molecule has 3 nitrogen and oxygen atoms in total. The molecule has 1 fully saturated rings. The number of imidazole rings is 1. The van der Waals surface area contributed by atoms with Crippen LogP contribution < -0.4 is 0 Å². The normalized spacial score (nSPS) is 25.6. The number of H-pyrrole nitrogens is 1. The molecule has 2 heterocycles. The molecule has 0 radical (unpaired) electrons. The second-order valence-corrected chi connectivity index (χ2v) is 8.39. The van der Waals surface area contributed by atoms with Crippen LogP contribution >= 0.6 is 0 Å². The Morgan fingerprint density at radius 3 is 2.92 bits per heavy atom. The largest absolute Gasteiger partial charge is 0.345 e. The van der Waals surface area contributed by atoms with Gasteiger partial charge in [-0.1, -0.05) is 46.6 Å². The molecule has 0 saturated carbocycles. The zero-order chi connectivity index (χ0) is 17.2. The van der Waals surface area contributed by atoms with Crippen molar-refractivity contribution in [3.8, 4) is 0 Å². The smallest absolute Gasteiger partial charge is 0.0931 e. The van der Waals surface area contributed by atoms with E-state index in [1.807, 2.05) is 0 Å². The zero-order valence-corrected chi connectivity index (χ0v) is 15.8. The van der Waals surface area contributed by atoms with Crippen LogP contribution in [-0.4, -0.2) is 34.5 Å². The molecule has 3 heteroatoms. The van der Waals surface area contributed by atoms with Crippen molar-refractivity contribution in [2.45, 2.75) is 58.8 Å². The molecule has 24 heavy (non-hydrogen) atoms. The summed E-state index contributed by atoms with van der Waals surface area (Å²) in [6.45, 7) is 13.2. The third kappa shape index (κ3) is 3.66. The van der Waals surface area contributed by atoms with Gasteiger partial charge in [-0.3, -0.25) is 0 Å². The highest BCUT2D eigenvalue weighted by Gasteiger charge is 2.37. The summed E-state index contributed by atoms with van der Waals surface area (Å²) in [5.74, 6) is 1.51. The lowest BCUT2D eigenvalue weighted by molar-refractivity contribution is 0.109. The number of aromatic amines is 1. The number of nitrogens with one attached hydrogen (secondary N) is 1. The highest BCUT2D eigenvalue weighted by molar-refractivity contribution is 5.75. The van der Waals surface area contributed by atoms with Gasteiger partial charge < -0.3 is 9.88 Å². The summed E-state index contributed by atoms with van der Waals surface area (Å²) in [5.41, 5.74) is 3.95. The number of hydrogen-bond acceptors (Lipinski definition) is 2. The SMILES string of the molecule is CC(C)CCCCN1CC[C@](C)(c2ccc3[nH]cnc3c2)[C@@H](C)C1. The molecular formula is C21H33N3. The third-order valence-electron chi connectivity index (χ3n) is 6.15. The Morgan fingerprint density at radius 2 is 2.17 bits per heavy atom. The van der Waals surface area contributed by atoms with Crippen LogP contribution in [0.5, 0.6) is 0 Å². The van der Waals surface area contributed by atoms with E-state index >= 15 is 0 Å². The second-order valence-electron chi connectivity index (χ2n) is 8.39. The van der Waals surface area contributed by atoms with E-state index < -0.39 is 0 Å². The molecule has 3 rings (SSSR count). The van der Waals surface area contributed by atoms with Crippen molar-refractivity contribution in [1.29, 1.82) is 0 Å². The second kappa shape index (κ2) is 7.26. The fourth-order valence-corrected chi connectivity index (χ4v) is 4.12. The summed E-state index contributed by atoms with van der Waals surface area (Å²) in [5, 5.41) is 0. The van der Waals surface area contributed by atoms with E-state index in [9.17, 15) is 0 Å². The van der Waals surface area contributed by atoms with Crippen LogP contribution in [0.3, 0.4) is 0 Å². The Kier molecular flexibility index (Phi) is 5.29. The Balaban J connectivity index is 1.61. The molecule has 1 aliphatic heterocycles. The number of nitrogens with zero attached hydrogens (tertiary/aromatic N) is 2. The fourth-order valence-electron chi connectivity index (χ4n) is 4.12. The van der Waals surface area contributed by atoms with Gasteiger partial charge in [0.05, 0.1) is 17.4 Å². The highest BCUT2D eigenvalue weighted by Crippen LogP contribution is 2.40. The lowest BCUT2D eigenvalue weighted by atomic mass is 9.68. The quantitative estimate of drug-likeness (QED) is 0.758. The number of unbranched alkanes of at least 4 members (excludes halogenated alkanes) is 1. The average Bonchev–Trinajstić information content (AvgIpc) is 3.02. The monoisotopic (exact) mass is 327 g/mol. The number of fused-ring (bicyclic) bond motifs is 1. The third-order valence-corrected chi connectivity index (χ3v) is 6.15. The molecule has 0 bridgehead atoms. The summed E-state index contributed by atoms with van der Waals surface area (Å²) >= 11 is 0. The van der Waals surface area contributed by atoms with E-state index in [2.05, 4.69) is 60.8 Å². The Morgan fingerprint density at radius 1 is 1.33 bits per heavy atom. The molecule has 2 aromatic rings. The van der Waals surface area contributed by atoms with Gasteiger partial charge in [-0.05, 0) is 60.9 Å². The molecule has 1 N–H and O–H groups in total. The first-order valence-electron chi connectivity index (χ1n) is 9.65. The number of benzene rings is 1. The van der Waals surface area contributed by atoms with Crippen LogP contribution in [0.1, 0.15) is 58.9 Å². The van der Waals surface area contributed by atoms with Crippen molar-refractivity contribution in [2.24, 2.45) is 11.8 Å². The summed E-state index contributed by atoms with van der Waals surface area (Å²) in [6.07, 6.45) is 7.12. The molecule has 1 aromatic carbocycles. The van der Waals surface area contributed by atoms with Gasteiger partial charge in [0.2, 0.25) is 0 Å². The van der Waals surface area contributed by atoms with E-state index in [0.717, 1.165) is 17.0 Å². The van der Waals surface area contributed by atoms with Gasteiger partial charge in [0.15, 0.2) is 0 Å². The Hall–Kier alpha value is -1.35. The van der Waals surface area contributed by atoms with Crippen LogP contribution in [0.4, 0.5) is 0 Å². The number of hydrogen-bond donors (Lipinski definition) is 1. The minimum absolute atomic E-state index is 0.265. The maximum atomic E-state index is 4.44. The summed E-state index contributed by atoms with van der Waals surface area (Å²) in [7, 11) is 0. The van der Waals surface area contributed by atoms with E-state index in [1.165, 1.54) is 50.9 Å². The highest BCUT2D eigenvalue weighted by atomic mass is 15.1. The van der Waals surface area contributed by atoms with Gasteiger partial charge in [-0.15, -0.1) is 0 Å². The first-order valence-corrected chi connectivity index (χ1v) is 9.65.